The predicted octanol–water partition coefficient (Wildman–Crippen LogP) is 0.208. The molecule has 1 heterocycles. The molecule has 16 heavy (non-hydrogen) atoms. The van der Waals surface area contributed by atoms with Crippen molar-refractivity contribution in [3.05, 3.63) is 18.0 Å². The minimum Gasteiger partial charge on any atom is -0.328 e. The van der Waals surface area contributed by atoms with Crippen LogP contribution in [0.2, 0.25) is 0 Å². The average Bonchev–Trinajstić information content (AvgIpc) is 2.62. The summed E-state index contributed by atoms with van der Waals surface area (Å²) in [4.78, 5) is 0. The predicted molar refractivity (Wildman–Crippen MR) is 63.9 cm³/mol. The Labute approximate surface area is 96.6 Å². The summed E-state index contributed by atoms with van der Waals surface area (Å²) in [5.74, 6) is 0.323. The molecule has 0 bridgehead atoms. The highest BCUT2D eigenvalue weighted by Crippen LogP contribution is 2.02. The Bertz CT molecular complexity index is 423. The van der Waals surface area contributed by atoms with Crippen LogP contribution in [0.1, 0.15) is 19.4 Å². The lowest BCUT2D eigenvalue weighted by atomic mass is 10.1. The van der Waals surface area contributed by atoms with E-state index in [1.165, 1.54) is 0 Å². The van der Waals surface area contributed by atoms with Crippen LogP contribution in [0.25, 0.3) is 0 Å². The topological polar surface area (TPSA) is 78.0 Å². The van der Waals surface area contributed by atoms with E-state index in [1.807, 2.05) is 13.1 Å². The van der Waals surface area contributed by atoms with Gasteiger partial charge >= 0.3 is 0 Å². The van der Waals surface area contributed by atoms with E-state index in [0.717, 1.165) is 12.0 Å². The summed E-state index contributed by atoms with van der Waals surface area (Å²) in [6.45, 7) is 3.99. The summed E-state index contributed by atoms with van der Waals surface area (Å²) >= 11 is 0. The smallest absolute Gasteiger partial charge is 0.151 e. The fourth-order valence-electron chi connectivity index (χ4n) is 1.38. The Hall–Kier alpha value is -0.880. The van der Waals surface area contributed by atoms with Crippen LogP contribution in [0, 0.1) is 0 Å². The first-order chi connectivity index (χ1) is 7.43. The first-order valence-corrected chi connectivity index (χ1v) is 7.22. The van der Waals surface area contributed by atoms with Gasteiger partial charge in [0.25, 0.3) is 0 Å². The SMILES string of the molecule is CCS(=O)(=O)CCn1cc(CC(C)N)cn1. The second-order valence-corrected chi connectivity index (χ2v) is 6.50. The van der Waals surface area contributed by atoms with E-state index >= 15 is 0 Å². The van der Waals surface area contributed by atoms with Gasteiger partial charge in [-0.3, -0.25) is 4.68 Å². The molecule has 0 aliphatic carbocycles. The second-order valence-electron chi connectivity index (χ2n) is 4.03. The maximum absolute atomic E-state index is 11.3. The van der Waals surface area contributed by atoms with Crippen LogP contribution >= 0.6 is 0 Å². The van der Waals surface area contributed by atoms with Crippen molar-refractivity contribution in [1.82, 2.24) is 9.78 Å². The molecule has 5 nitrogen and oxygen atoms in total. The summed E-state index contributed by atoms with van der Waals surface area (Å²) in [5.41, 5.74) is 6.71. The lowest BCUT2D eigenvalue weighted by molar-refractivity contribution is 0.581. The number of hydrogen-bond donors (Lipinski definition) is 1. The molecule has 0 spiro atoms. The molecule has 0 radical (unpaired) electrons. The number of rotatable bonds is 6. The third-order valence-electron chi connectivity index (χ3n) is 2.32. The van der Waals surface area contributed by atoms with Gasteiger partial charge in [-0.2, -0.15) is 5.10 Å². The largest absolute Gasteiger partial charge is 0.328 e. The number of sulfone groups is 1. The van der Waals surface area contributed by atoms with Gasteiger partial charge in [-0.05, 0) is 18.9 Å². The number of aromatic nitrogens is 2. The molecule has 1 atom stereocenters. The van der Waals surface area contributed by atoms with E-state index < -0.39 is 9.84 Å². The van der Waals surface area contributed by atoms with E-state index in [9.17, 15) is 8.42 Å². The van der Waals surface area contributed by atoms with Crippen LogP contribution in [0.5, 0.6) is 0 Å². The van der Waals surface area contributed by atoms with E-state index in [-0.39, 0.29) is 17.5 Å². The Morgan fingerprint density at radius 3 is 2.81 bits per heavy atom. The zero-order chi connectivity index (χ0) is 12.2. The quantitative estimate of drug-likeness (QED) is 0.777. The molecular formula is C10H19N3O2S. The Morgan fingerprint density at radius 1 is 1.56 bits per heavy atom. The molecule has 0 aliphatic rings. The van der Waals surface area contributed by atoms with Crippen molar-refractivity contribution < 1.29 is 8.42 Å². The van der Waals surface area contributed by atoms with Gasteiger partial charge in [0.05, 0.1) is 18.5 Å². The lowest BCUT2D eigenvalue weighted by Crippen LogP contribution is -2.17. The summed E-state index contributed by atoms with van der Waals surface area (Å²) in [6, 6.07) is 0.0945. The van der Waals surface area contributed by atoms with Crippen LogP contribution in [-0.2, 0) is 22.8 Å². The Kier molecular flexibility index (Phi) is 4.49. The molecule has 0 fully saturated rings. The van der Waals surface area contributed by atoms with E-state index in [2.05, 4.69) is 5.10 Å². The maximum Gasteiger partial charge on any atom is 0.151 e. The van der Waals surface area contributed by atoms with E-state index in [0.29, 0.717) is 6.54 Å². The van der Waals surface area contributed by atoms with Gasteiger partial charge in [-0.1, -0.05) is 6.92 Å². The molecule has 6 heteroatoms. The zero-order valence-corrected chi connectivity index (χ0v) is 10.6. The van der Waals surface area contributed by atoms with E-state index in [1.54, 1.807) is 17.8 Å². The van der Waals surface area contributed by atoms with Gasteiger partial charge in [0.2, 0.25) is 0 Å². The van der Waals surface area contributed by atoms with Crippen LogP contribution in [0.3, 0.4) is 0 Å². The van der Waals surface area contributed by atoms with Gasteiger partial charge in [0.15, 0.2) is 9.84 Å². The van der Waals surface area contributed by atoms with Crippen LogP contribution in [0.15, 0.2) is 12.4 Å². The second kappa shape index (κ2) is 5.45. The molecule has 2 N–H and O–H groups in total. The molecule has 92 valence electrons. The van der Waals surface area contributed by atoms with Crippen LogP contribution in [-0.4, -0.2) is 35.7 Å². The zero-order valence-electron chi connectivity index (χ0n) is 9.76. The van der Waals surface area contributed by atoms with E-state index in [4.69, 9.17) is 5.73 Å². The average molecular weight is 245 g/mol. The summed E-state index contributed by atoms with van der Waals surface area (Å²) in [7, 11) is -2.92. The van der Waals surface area contributed by atoms with Gasteiger partial charge in [0, 0.05) is 18.0 Å². The minimum atomic E-state index is -2.92. The van der Waals surface area contributed by atoms with Crippen molar-refractivity contribution >= 4 is 9.84 Å². The van der Waals surface area contributed by atoms with Gasteiger partial charge in [0.1, 0.15) is 0 Å². The summed E-state index contributed by atoms with van der Waals surface area (Å²) < 4.78 is 24.2. The Morgan fingerprint density at radius 2 is 2.25 bits per heavy atom. The van der Waals surface area contributed by atoms with Gasteiger partial charge in [-0.25, -0.2) is 8.42 Å². The van der Waals surface area contributed by atoms with Crippen molar-refractivity contribution in [2.24, 2.45) is 5.73 Å². The fourth-order valence-corrected chi connectivity index (χ4v) is 2.14. The highest BCUT2D eigenvalue weighted by atomic mass is 32.2. The molecule has 0 amide bonds. The highest BCUT2D eigenvalue weighted by molar-refractivity contribution is 7.91. The van der Waals surface area contributed by atoms with Crippen LogP contribution in [0.4, 0.5) is 0 Å². The molecule has 1 aromatic heterocycles. The van der Waals surface area contributed by atoms with Crippen molar-refractivity contribution in [1.29, 1.82) is 0 Å². The third kappa shape index (κ3) is 4.32. The molecule has 0 saturated carbocycles. The number of hydrogen-bond acceptors (Lipinski definition) is 4. The van der Waals surface area contributed by atoms with Gasteiger partial charge in [-0.15, -0.1) is 0 Å². The molecule has 1 aromatic rings. The molecular weight excluding hydrogens is 226 g/mol. The minimum absolute atomic E-state index is 0.0945. The van der Waals surface area contributed by atoms with Crippen molar-refractivity contribution in [3.63, 3.8) is 0 Å². The van der Waals surface area contributed by atoms with Crippen molar-refractivity contribution in [2.75, 3.05) is 11.5 Å². The third-order valence-corrected chi connectivity index (χ3v) is 4.00. The fraction of sp³-hybridized carbons (Fsp3) is 0.700. The van der Waals surface area contributed by atoms with Crippen molar-refractivity contribution in [3.8, 4) is 0 Å². The molecule has 0 aromatic carbocycles. The summed E-state index contributed by atoms with van der Waals surface area (Å²) in [6.07, 6.45) is 4.36. The molecule has 1 unspecified atom stereocenters. The highest BCUT2D eigenvalue weighted by Gasteiger charge is 2.08. The maximum atomic E-state index is 11.3. The number of nitrogens with zero attached hydrogens (tertiary/aromatic N) is 2. The first-order valence-electron chi connectivity index (χ1n) is 5.40. The number of nitrogens with two attached hydrogens (primary N) is 1. The van der Waals surface area contributed by atoms with Crippen LogP contribution < -0.4 is 5.73 Å². The molecule has 1 rings (SSSR count). The monoisotopic (exact) mass is 245 g/mol. The number of aryl methyl sites for hydroxylation is 1. The summed E-state index contributed by atoms with van der Waals surface area (Å²) in [5, 5.41) is 4.10. The standard InChI is InChI=1S/C10H19N3O2S/c1-3-16(14,15)5-4-13-8-10(7-12-13)6-9(2)11/h7-9H,3-6,11H2,1-2H3. The Balaban J connectivity index is 2.53. The van der Waals surface area contributed by atoms with Gasteiger partial charge < -0.3 is 5.73 Å². The first kappa shape index (κ1) is 13.2. The normalized spacial score (nSPS) is 13.9. The molecule has 0 saturated heterocycles. The lowest BCUT2D eigenvalue weighted by Gasteiger charge is -2.02. The molecule has 0 aliphatic heterocycles. The van der Waals surface area contributed by atoms with Crippen molar-refractivity contribution in [2.45, 2.75) is 32.9 Å².